The van der Waals surface area contributed by atoms with Crippen LogP contribution in [-0.2, 0) is 86.1 Å². The van der Waals surface area contributed by atoms with Crippen molar-refractivity contribution in [1.29, 1.82) is 0 Å². The van der Waals surface area contributed by atoms with Crippen molar-refractivity contribution in [3.8, 4) is 45.6 Å². The quantitative estimate of drug-likeness (QED) is 0.00569. The van der Waals surface area contributed by atoms with Gasteiger partial charge in [-0.05, 0) is 230 Å². The van der Waals surface area contributed by atoms with E-state index in [4.69, 9.17) is 5.41 Å². The summed E-state index contributed by atoms with van der Waals surface area (Å²) >= 11 is 3.70. The maximum absolute atomic E-state index is 13.0. The number of hydrogen-bond donors (Lipinski definition) is 1. The minimum Gasteiger partial charge on any atom is -0.753 e. The van der Waals surface area contributed by atoms with E-state index >= 15 is 0 Å². The summed E-state index contributed by atoms with van der Waals surface area (Å²) in [6.07, 6.45) is 24.7. The van der Waals surface area contributed by atoms with E-state index in [0.717, 1.165) is 83.1 Å². The van der Waals surface area contributed by atoms with Crippen LogP contribution in [0.1, 0.15) is 155 Å². The molecule has 0 spiro atoms. The van der Waals surface area contributed by atoms with Crippen LogP contribution < -0.4 is 14.9 Å². The molecule has 7 heterocycles. The summed E-state index contributed by atoms with van der Waals surface area (Å²) in [5.41, 5.74) is 14.3. The molecule has 4 aromatic carbocycles. The second-order valence-electron chi connectivity index (χ2n) is 25.6. The topological polar surface area (TPSA) is 228 Å². The van der Waals surface area contributed by atoms with Crippen molar-refractivity contribution >= 4 is 89.1 Å². The molecule has 26 heteroatoms. The van der Waals surface area contributed by atoms with Gasteiger partial charge in [0, 0.05) is 40.8 Å². The van der Waals surface area contributed by atoms with Gasteiger partial charge in [-0.3, -0.25) is 39.4 Å². The molecule has 0 fully saturated rings. The van der Waals surface area contributed by atoms with Gasteiger partial charge in [-0.2, -0.15) is 36.6 Å². The third kappa shape index (κ3) is 28.2. The molecule has 1 N–H and O–H groups in total. The number of rotatable bonds is 35. The van der Waals surface area contributed by atoms with Gasteiger partial charge in [0.25, 0.3) is 19.4 Å². The standard InChI is InChI=1S/C31H35F3N4.C31H34F3N4.C24H17N3O6.CNS.Ru/c2*1-3-5-7-9-23-11-15-25(16-12-23)38(26-17-13-24(14-18-26)10-8-6-4-2)27-19-20-28(35-22-27)29-21-30(37-36-29)31(32,33)34;28-15-31-8-3-18-1-6-25-21(11-18)23-13-20(5-10-33-17-30)14-24(27-23)22-12-19(2-7-26-22)4-9-32-16-29;2-1-3;/h11-22H,3-10H2,1-2H3,(H,36,37);11-22H,3-10H2,1-2H3;1-17H;;/q;-1;;-1;+2/b;;8-3+,9-4+,10-5+;;. The summed E-state index contributed by atoms with van der Waals surface area (Å²) in [6.45, 7) is 9.78. The molecule has 0 saturated heterocycles. The Morgan fingerprint density at radius 3 is 1.11 bits per heavy atom. The Hall–Kier alpha value is -11.7. The van der Waals surface area contributed by atoms with Crippen LogP contribution >= 0.6 is 12.2 Å². The third-order valence-electron chi connectivity index (χ3n) is 17.4. The van der Waals surface area contributed by atoms with Crippen molar-refractivity contribution in [3.05, 3.63) is 269 Å². The van der Waals surface area contributed by atoms with Gasteiger partial charge in [-0.1, -0.05) is 146 Å². The summed E-state index contributed by atoms with van der Waals surface area (Å²) in [4.78, 5) is 57.7. The number of hydrogen-bond acceptors (Lipinski definition) is 16. The Labute approximate surface area is 672 Å². The molecule has 0 aliphatic heterocycles. The zero-order valence-electron chi connectivity index (χ0n) is 62.9. The van der Waals surface area contributed by atoms with Gasteiger partial charge in [0.1, 0.15) is 17.1 Å². The Morgan fingerprint density at radius 2 is 0.788 bits per heavy atom. The zero-order valence-corrected chi connectivity index (χ0v) is 65.4. The average Bonchev–Trinajstić information content (AvgIpc) is 1.61. The number of carbonyl (C=O) groups excluding carboxylic acids is 3. The van der Waals surface area contributed by atoms with Crippen molar-refractivity contribution < 1.29 is 74.4 Å². The zero-order chi connectivity index (χ0) is 79.9. The molecule has 11 aromatic rings. The number of H-pyrrole nitrogens is 1. The third-order valence-corrected chi connectivity index (χ3v) is 17.4. The first kappa shape index (κ1) is 88.5. The minimum absolute atomic E-state index is 0. The fourth-order valence-electron chi connectivity index (χ4n) is 11.7. The van der Waals surface area contributed by atoms with Crippen molar-refractivity contribution in [3.63, 3.8) is 0 Å². The minimum atomic E-state index is -4.53. The van der Waals surface area contributed by atoms with Crippen LogP contribution in [0.25, 0.3) is 69.2 Å². The van der Waals surface area contributed by atoms with Crippen LogP contribution in [0.5, 0.6) is 0 Å². The van der Waals surface area contributed by atoms with Gasteiger partial charge in [-0.15, -0.1) is 0 Å². The van der Waals surface area contributed by atoms with Crippen LogP contribution in [0.15, 0.2) is 213 Å². The van der Waals surface area contributed by atoms with Gasteiger partial charge >= 0.3 is 31.8 Å². The maximum atomic E-state index is 13.0. The Balaban J connectivity index is 0.000000230. The monoisotopic (exact) mass is 1640 g/mol. The number of isothiocyanates is 1. The number of halogens is 6. The Bertz CT molecular complexity index is 4430. The number of aryl methyl sites for hydroxylation is 4. The fraction of sp³-hybridized carbons (Fsp3) is 0.253. The van der Waals surface area contributed by atoms with E-state index in [-0.39, 0.29) is 30.9 Å². The molecule has 0 aliphatic carbocycles. The predicted molar refractivity (Wildman–Crippen MR) is 430 cm³/mol. The van der Waals surface area contributed by atoms with E-state index in [2.05, 4.69) is 206 Å². The first-order valence-electron chi connectivity index (χ1n) is 36.7. The molecule has 0 radical (unpaired) electrons. The number of aromatic amines is 1. The van der Waals surface area contributed by atoms with E-state index < -0.39 is 23.7 Å². The SMILES string of the molecule is CCCCCc1ccc(N(c2ccc(CCCCC)cc2)c2ccc(-c3cc(C(F)(F)F)[nH]n3)nc2)cc1.CCCCCc1ccc(N(c2ccc(CCCCC)cc2)c2ccc(-c3cc(C(F)(F)F)n[n-]3)nc2)cc1.O=CO/C=C/c1ccnc(-c2cc(/C=C/OC=O)cc(-c3cc(/C=C/OC=O)ccn3)n2)c1.[N-]=C=S.[Ru+2]. The number of unbranched alkanes of at least 4 members (excludes halogenated alkanes) is 8. The molecule has 0 bridgehead atoms. The van der Waals surface area contributed by atoms with Crippen molar-refractivity contribution in [2.45, 2.75) is 143 Å². The maximum Gasteiger partial charge on any atom is 2.00 e. The molecule has 0 atom stereocenters. The summed E-state index contributed by atoms with van der Waals surface area (Å²) in [5.74, 6) is 0. The number of ether oxygens (including phenoxy) is 3. The van der Waals surface area contributed by atoms with Crippen LogP contribution in [0.4, 0.5) is 60.5 Å². The molecular weight excluding hydrogens is 1560 g/mol. The van der Waals surface area contributed by atoms with E-state index in [1.807, 2.05) is 12.1 Å². The molecule has 0 aliphatic rings. The van der Waals surface area contributed by atoms with Crippen LogP contribution in [0, 0.1) is 0 Å². The summed E-state index contributed by atoms with van der Waals surface area (Å²) < 4.78 is 91.7. The van der Waals surface area contributed by atoms with Gasteiger partial charge in [-0.25, -0.2) is 4.98 Å². The summed E-state index contributed by atoms with van der Waals surface area (Å²) in [7, 11) is 0. The van der Waals surface area contributed by atoms with Crippen LogP contribution in [0.3, 0.4) is 0 Å². The average molecular weight is 1640 g/mol. The number of nitrogens with zero attached hydrogens (tertiary/aromatic N) is 11. The number of thiocarbonyl (C=S) groups is 1. The summed E-state index contributed by atoms with van der Waals surface area (Å²) in [5, 5.41) is 21.3. The van der Waals surface area contributed by atoms with Gasteiger partial charge < -0.3 is 39.6 Å². The second kappa shape index (κ2) is 46.8. The molecule has 18 nitrogen and oxygen atoms in total. The number of benzene rings is 4. The number of nitrogens with one attached hydrogen (secondary N) is 1. The molecule has 0 saturated carbocycles. The molecule has 7 aromatic heterocycles. The van der Waals surface area contributed by atoms with Crippen molar-refractivity contribution in [2.24, 2.45) is 0 Å². The van der Waals surface area contributed by atoms with Crippen LogP contribution in [-0.4, -0.2) is 64.8 Å². The molecule has 113 heavy (non-hydrogen) atoms. The van der Waals surface area contributed by atoms with Gasteiger partial charge in [0.15, 0.2) is 0 Å². The number of pyridine rings is 5. The number of alkyl halides is 6. The molecule has 11 rings (SSSR count). The molecular formula is C87H86F6N12O6RuS. The summed E-state index contributed by atoms with van der Waals surface area (Å²) in [6, 6.07) is 53.9. The fourth-order valence-corrected chi connectivity index (χ4v) is 11.7. The Kier molecular flexibility index (Phi) is 36.7. The number of anilines is 6. The number of carbonyl (C=O) groups is 3. The van der Waals surface area contributed by atoms with E-state index in [1.54, 1.807) is 91.5 Å². The molecule has 0 unspecified atom stereocenters. The smallest absolute Gasteiger partial charge is 0.753 e. The first-order chi connectivity index (χ1) is 54.4. The Morgan fingerprint density at radius 1 is 0.434 bits per heavy atom. The van der Waals surface area contributed by atoms with Crippen LogP contribution in [0.2, 0.25) is 0 Å². The van der Waals surface area contributed by atoms with Gasteiger partial charge in [0.2, 0.25) is 0 Å². The molecule has 0 amide bonds. The normalized spacial score (nSPS) is 11.1. The second-order valence-corrected chi connectivity index (χ2v) is 25.7. The first-order valence-corrected chi connectivity index (χ1v) is 37.2. The number of aromatic nitrogens is 9. The van der Waals surface area contributed by atoms with E-state index in [0.29, 0.717) is 59.1 Å². The predicted octanol–water partition coefficient (Wildman–Crippen LogP) is 22.8. The van der Waals surface area contributed by atoms with Crippen molar-refractivity contribution in [2.75, 3.05) is 9.80 Å². The molecule has 586 valence electrons. The van der Waals surface area contributed by atoms with E-state index in [1.165, 1.54) is 123 Å². The van der Waals surface area contributed by atoms with Crippen molar-refractivity contribution in [1.82, 2.24) is 45.3 Å². The largest absolute Gasteiger partial charge is 2.00 e. The van der Waals surface area contributed by atoms with Gasteiger partial charge in [0.05, 0.1) is 71.0 Å². The van der Waals surface area contributed by atoms with E-state index in [9.17, 15) is 40.7 Å².